The van der Waals surface area contributed by atoms with Gasteiger partial charge in [0.25, 0.3) is 0 Å². The van der Waals surface area contributed by atoms with Gasteiger partial charge in [0.2, 0.25) is 5.95 Å². The summed E-state index contributed by atoms with van der Waals surface area (Å²) < 4.78 is 0. The SMILES string of the molecule is CC1SCCN(c2ncc(CNC3CC3)cn2)C1C. The first-order valence-corrected chi connectivity index (χ1v) is 8.21. The number of hydrogen-bond donors (Lipinski definition) is 1. The zero-order valence-corrected chi connectivity index (χ0v) is 12.5. The van der Waals surface area contributed by atoms with Crippen LogP contribution in [0.2, 0.25) is 0 Å². The first-order chi connectivity index (χ1) is 9.24. The Morgan fingerprint density at radius 3 is 2.74 bits per heavy atom. The molecule has 0 radical (unpaired) electrons. The highest BCUT2D eigenvalue weighted by Gasteiger charge is 2.27. The highest BCUT2D eigenvalue weighted by atomic mass is 32.2. The van der Waals surface area contributed by atoms with E-state index in [0.717, 1.165) is 25.1 Å². The molecule has 2 fully saturated rings. The van der Waals surface area contributed by atoms with Crippen LogP contribution in [-0.4, -0.2) is 39.6 Å². The highest BCUT2D eigenvalue weighted by molar-refractivity contribution is 8.00. The standard InChI is InChI=1S/C14H22N4S/c1-10-11(2)19-6-5-18(10)14-16-8-12(9-17-14)7-15-13-3-4-13/h8-11,13,15H,3-7H2,1-2H3. The molecule has 19 heavy (non-hydrogen) atoms. The number of rotatable bonds is 4. The number of thioether (sulfide) groups is 1. The Bertz CT molecular complexity index is 418. The summed E-state index contributed by atoms with van der Waals surface area (Å²) in [7, 11) is 0. The summed E-state index contributed by atoms with van der Waals surface area (Å²) in [5.74, 6) is 2.05. The van der Waals surface area contributed by atoms with E-state index in [-0.39, 0.29) is 0 Å². The van der Waals surface area contributed by atoms with Crippen molar-refractivity contribution in [2.75, 3.05) is 17.2 Å². The topological polar surface area (TPSA) is 41.1 Å². The predicted molar refractivity (Wildman–Crippen MR) is 80.6 cm³/mol. The Kier molecular flexibility index (Phi) is 3.93. The molecule has 1 aromatic heterocycles. The third kappa shape index (κ3) is 3.20. The number of anilines is 1. The molecule has 1 saturated heterocycles. The molecule has 1 aliphatic heterocycles. The van der Waals surface area contributed by atoms with Gasteiger partial charge in [-0.15, -0.1) is 0 Å². The van der Waals surface area contributed by atoms with Crippen LogP contribution in [-0.2, 0) is 6.54 Å². The lowest BCUT2D eigenvalue weighted by Gasteiger charge is -2.37. The van der Waals surface area contributed by atoms with Crippen molar-refractivity contribution in [2.24, 2.45) is 0 Å². The van der Waals surface area contributed by atoms with Crippen molar-refractivity contribution in [3.63, 3.8) is 0 Å². The quantitative estimate of drug-likeness (QED) is 0.913. The average Bonchev–Trinajstić information content (AvgIpc) is 3.25. The minimum absolute atomic E-state index is 0.509. The Labute approximate surface area is 119 Å². The third-order valence-corrected chi connectivity index (χ3v) is 5.34. The summed E-state index contributed by atoms with van der Waals surface area (Å²) >= 11 is 2.04. The van der Waals surface area contributed by atoms with Crippen LogP contribution in [0.3, 0.4) is 0 Å². The summed E-state index contributed by atoms with van der Waals surface area (Å²) in [6.07, 6.45) is 6.58. The summed E-state index contributed by atoms with van der Waals surface area (Å²) in [4.78, 5) is 11.4. The average molecular weight is 278 g/mol. The third-order valence-electron chi connectivity index (χ3n) is 4.00. The lowest BCUT2D eigenvalue weighted by Crippen LogP contribution is -2.45. The first kappa shape index (κ1) is 13.2. The largest absolute Gasteiger partial charge is 0.336 e. The van der Waals surface area contributed by atoms with Crippen molar-refractivity contribution < 1.29 is 0 Å². The van der Waals surface area contributed by atoms with Crippen molar-refractivity contribution in [3.8, 4) is 0 Å². The number of nitrogens with one attached hydrogen (secondary N) is 1. The molecule has 1 N–H and O–H groups in total. The molecular formula is C14H22N4S. The molecule has 4 nitrogen and oxygen atoms in total. The van der Waals surface area contributed by atoms with Gasteiger partial charge in [-0.1, -0.05) is 6.92 Å². The van der Waals surface area contributed by atoms with Crippen LogP contribution in [0.4, 0.5) is 5.95 Å². The van der Waals surface area contributed by atoms with E-state index < -0.39 is 0 Å². The fraction of sp³-hybridized carbons (Fsp3) is 0.714. The Balaban J connectivity index is 1.63. The van der Waals surface area contributed by atoms with Crippen molar-refractivity contribution in [2.45, 2.75) is 50.6 Å². The second-order valence-corrected chi connectivity index (χ2v) is 7.04. The molecule has 1 saturated carbocycles. The van der Waals surface area contributed by atoms with Crippen LogP contribution in [0, 0.1) is 0 Å². The normalized spacial score (nSPS) is 27.6. The van der Waals surface area contributed by atoms with E-state index in [1.807, 2.05) is 24.2 Å². The minimum Gasteiger partial charge on any atom is -0.336 e. The van der Waals surface area contributed by atoms with Crippen LogP contribution in [0.1, 0.15) is 32.3 Å². The highest BCUT2D eigenvalue weighted by Crippen LogP contribution is 2.26. The van der Waals surface area contributed by atoms with Crippen LogP contribution in [0.5, 0.6) is 0 Å². The summed E-state index contributed by atoms with van der Waals surface area (Å²) in [6.45, 7) is 6.50. The molecule has 1 aliphatic carbocycles. The van der Waals surface area contributed by atoms with E-state index in [1.165, 1.54) is 24.2 Å². The van der Waals surface area contributed by atoms with Gasteiger partial charge in [0.05, 0.1) is 0 Å². The maximum absolute atomic E-state index is 4.55. The molecule has 2 atom stereocenters. The van der Waals surface area contributed by atoms with Gasteiger partial charge in [-0.05, 0) is 19.8 Å². The van der Waals surface area contributed by atoms with E-state index >= 15 is 0 Å². The molecule has 2 unspecified atom stereocenters. The van der Waals surface area contributed by atoms with E-state index in [0.29, 0.717) is 11.3 Å². The molecule has 0 spiro atoms. The number of aromatic nitrogens is 2. The molecule has 0 amide bonds. The summed E-state index contributed by atoms with van der Waals surface area (Å²) in [5.41, 5.74) is 1.18. The zero-order chi connectivity index (χ0) is 13.2. The van der Waals surface area contributed by atoms with Crippen molar-refractivity contribution in [3.05, 3.63) is 18.0 Å². The van der Waals surface area contributed by atoms with Gasteiger partial charge < -0.3 is 10.2 Å². The second-order valence-electron chi connectivity index (χ2n) is 5.56. The van der Waals surface area contributed by atoms with Gasteiger partial charge in [0, 0.05) is 54.1 Å². The molecule has 104 valence electrons. The first-order valence-electron chi connectivity index (χ1n) is 7.16. The Morgan fingerprint density at radius 2 is 2.05 bits per heavy atom. The van der Waals surface area contributed by atoms with E-state index in [2.05, 4.69) is 34.0 Å². The zero-order valence-electron chi connectivity index (χ0n) is 11.7. The lowest BCUT2D eigenvalue weighted by molar-refractivity contribution is 0.610. The van der Waals surface area contributed by atoms with Gasteiger partial charge in [-0.3, -0.25) is 0 Å². The van der Waals surface area contributed by atoms with Gasteiger partial charge >= 0.3 is 0 Å². The van der Waals surface area contributed by atoms with E-state index in [4.69, 9.17) is 0 Å². The van der Waals surface area contributed by atoms with Crippen LogP contribution in [0.15, 0.2) is 12.4 Å². The molecule has 5 heteroatoms. The van der Waals surface area contributed by atoms with Crippen molar-refractivity contribution >= 4 is 17.7 Å². The van der Waals surface area contributed by atoms with Crippen LogP contribution in [0.25, 0.3) is 0 Å². The number of nitrogens with zero attached hydrogens (tertiary/aromatic N) is 3. The fourth-order valence-electron chi connectivity index (χ4n) is 2.35. The van der Waals surface area contributed by atoms with E-state index in [9.17, 15) is 0 Å². The molecule has 2 aliphatic rings. The van der Waals surface area contributed by atoms with Crippen LogP contribution >= 0.6 is 11.8 Å². The van der Waals surface area contributed by atoms with Crippen molar-refractivity contribution in [1.82, 2.24) is 15.3 Å². The van der Waals surface area contributed by atoms with Crippen molar-refractivity contribution in [1.29, 1.82) is 0 Å². The van der Waals surface area contributed by atoms with Gasteiger partial charge in [-0.2, -0.15) is 11.8 Å². The smallest absolute Gasteiger partial charge is 0.225 e. The maximum Gasteiger partial charge on any atom is 0.225 e. The molecule has 1 aromatic rings. The molecule has 3 rings (SSSR count). The summed E-state index contributed by atoms with van der Waals surface area (Å²) in [5, 5.41) is 4.14. The van der Waals surface area contributed by atoms with Gasteiger partial charge in [0.1, 0.15) is 0 Å². The van der Waals surface area contributed by atoms with Gasteiger partial charge in [-0.25, -0.2) is 9.97 Å². The number of hydrogen-bond acceptors (Lipinski definition) is 5. The molecule has 2 heterocycles. The molecule has 0 aromatic carbocycles. The molecule has 0 bridgehead atoms. The predicted octanol–water partition coefficient (Wildman–Crippen LogP) is 2.06. The minimum atomic E-state index is 0.509. The Morgan fingerprint density at radius 1 is 1.32 bits per heavy atom. The molecular weight excluding hydrogens is 256 g/mol. The van der Waals surface area contributed by atoms with E-state index in [1.54, 1.807) is 0 Å². The monoisotopic (exact) mass is 278 g/mol. The second kappa shape index (κ2) is 5.67. The van der Waals surface area contributed by atoms with Crippen LogP contribution < -0.4 is 10.2 Å². The summed E-state index contributed by atoms with van der Waals surface area (Å²) in [6, 6.07) is 1.24. The fourth-order valence-corrected chi connectivity index (χ4v) is 3.45. The van der Waals surface area contributed by atoms with Gasteiger partial charge in [0.15, 0.2) is 0 Å². The maximum atomic E-state index is 4.55. The Hall–Kier alpha value is -0.810. The lowest BCUT2D eigenvalue weighted by atomic mass is 10.2.